The highest BCUT2D eigenvalue weighted by Gasteiger charge is 2.20. The largest absolute Gasteiger partial charge is 0.481 e. The first-order chi connectivity index (χ1) is 15.3. The first-order valence-electron chi connectivity index (χ1n) is 10.3. The lowest BCUT2D eigenvalue weighted by Crippen LogP contribution is -2.37. The highest BCUT2D eigenvalue weighted by Crippen LogP contribution is 2.19. The highest BCUT2D eigenvalue weighted by atomic mass is 16.5. The molecule has 0 bridgehead atoms. The number of nitrogens with one attached hydrogen (secondary N) is 1. The van der Waals surface area contributed by atoms with Crippen molar-refractivity contribution in [2.45, 2.75) is 32.2 Å². The molecule has 0 fully saturated rings. The van der Waals surface area contributed by atoms with Crippen LogP contribution in [0.5, 0.6) is 0 Å². The number of hydrogen-bond donors (Lipinski definition) is 2. The molecule has 168 valence electrons. The summed E-state index contributed by atoms with van der Waals surface area (Å²) >= 11 is 0. The van der Waals surface area contributed by atoms with E-state index in [2.05, 4.69) is 5.32 Å². The van der Waals surface area contributed by atoms with E-state index in [0.717, 1.165) is 11.0 Å². The Morgan fingerprint density at radius 3 is 2.44 bits per heavy atom. The second kappa shape index (κ2) is 9.95. The molecule has 0 aliphatic heterocycles. The smallest absolute Gasteiger partial charge is 0.407 e. The predicted molar refractivity (Wildman–Crippen MR) is 119 cm³/mol. The molecule has 1 aromatic heterocycles. The first-order valence-corrected chi connectivity index (χ1v) is 10.3. The molecule has 0 saturated heterocycles. The van der Waals surface area contributed by atoms with Crippen molar-refractivity contribution in [3.63, 3.8) is 0 Å². The summed E-state index contributed by atoms with van der Waals surface area (Å²) in [6.07, 6.45) is 0.524. The summed E-state index contributed by atoms with van der Waals surface area (Å²) < 4.78 is 7.52. The third kappa shape index (κ3) is 4.88. The Labute approximate surface area is 183 Å². The fourth-order valence-electron chi connectivity index (χ4n) is 3.41. The summed E-state index contributed by atoms with van der Waals surface area (Å²) in [7, 11) is 1.59. The molecule has 2 aromatic carbocycles. The van der Waals surface area contributed by atoms with Crippen LogP contribution in [0.1, 0.15) is 37.8 Å². The van der Waals surface area contributed by atoms with Gasteiger partial charge in [0.2, 0.25) is 0 Å². The Bertz CT molecular complexity index is 1240. The Morgan fingerprint density at radius 1 is 1.09 bits per heavy atom. The minimum absolute atomic E-state index is 0.245. The zero-order valence-corrected chi connectivity index (χ0v) is 17.9. The number of benzene rings is 2. The van der Waals surface area contributed by atoms with Crippen molar-refractivity contribution in [3.8, 4) is 5.69 Å². The van der Waals surface area contributed by atoms with E-state index in [1.165, 1.54) is 4.57 Å². The number of aromatic nitrogens is 2. The van der Waals surface area contributed by atoms with Crippen molar-refractivity contribution in [1.29, 1.82) is 0 Å². The van der Waals surface area contributed by atoms with Gasteiger partial charge in [-0.15, -0.1) is 0 Å². The van der Waals surface area contributed by atoms with E-state index in [1.54, 1.807) is 55.6 Å². The number of aliphatic carboxylic acids is 1. The SMILES string of the molecule is CCCCOC(=O)NC(CC(=O)O)c1ccc(-n2c(=O)c3ccccc3n(C)c2=O)cc1. The summed E-state index contributed by atoms with van der Waals surface area (Å²) in [4.78, 5) is 49.0. The molecule has 1 atom stereocenters. The Morgan fingerprint density at radius 2 is 1.78 bits per heavy atom. The van der Waals surface area contributed by atoms with Crippen LogP contribution in [-0.2, 0) is 16.6 Å². The summed E-state index contributed by atoms with van der Waals surface area (Å²) in [5.74, 6) is -1.09. The van der Waals surface area contributed by atoms with E-state index in [4.69, 9.17) is 4.74 Å². The van der Waals surface area contributed by atoms with Gasteiger partial charge in [0, 0.05) is 7.05 Å². The summed E-state index contributed by atoms with van der Waals surface area (Å²) in [6.45, 7) is 2.21. The van der Waals surface area contributed by atoms with Gasteiger partial charge in [-0.25, -0.2) is 14.2 Å². The van der Waals surface area contributed by atoms with Crippen LogP contribution in [0.15, 0.2) is 58.1 Å². The summed E-state index contributed by atoms with van der Waals surface area (Å²) in [5, 5.41) is 12.2. The monoisotopic (exact) mass is 439 g/mol. The van der Waals surface area contributed by atoms with Crippen molar-refractivity contribution in [1.82, 2.24) is 14.5 Å². The molecule has 2 N–H and O–H groups in total. The maximum Gasteiger partial charge on any atom is 0.407 e. The Hall–Kier alpha value is -3.88. The van der Waals surface area contributed by atoms with Gasteiger partial charge in [-0.05, 0) is 36.2 Å². The van der Waals surface area contributed by atoms with Gasteiger partial charge in [-0.3, -0.25) is 14.2 Å². The van der Waals surface area contributed by atoms with Crippen molar-refractivity contribution in [2.75, 3.05) is 6.61 Å². The number of fused-ring (bicyclic) bond motifs is 1. The van der Waals surface area contributed by atoms with Crippen LogP contribution in [-0.4, -0.2) is 32.9 Å². The molecular weight excluding hydrogens is 414 g/mol. The molecule has 1 heterocycles. The van der Waals surface area contributed by atoms with Crippen LogP contribution in [0.3, 0.4) is 0 Å². The Kier molecular flexibility index (Phi) is 7.09. The number of unbranched alkanes of at least 4 members (excludes halogenated alkanes) is 1. The fourth-order valence-corrected chi connectivity index (χ4v) is 3.41. The minimum atomic E-state index is -1.09. The van der Waals surface area contributed by atoms with Crippen LogP contribution < -0.4 is 16.6 Å². The number of carbonyl (C=O) groups is 2. The van der Waals surface area contributed by atoms with E-state index in [9.17, 15) is 24.3 Å². The molecule has 3 aromatic rings. The number of rotatable bonds is 8. The quantitative estimate of drug-likeness (QED) is 0.521. The van der Waals surface area contributed by atoms with Crippen molar-refractivity contribution in [3.05, 3.63) is 74.9 Å². The van der Waals surface area contributed by atoms with Crippen LogP contribution in [0, 0.1) is 0 Å². The molecule has 0 aliphatic rings. The van der Waals surface area contributed by atoms with Gasteiger partial charge in [0.15, 0.2) is 0 Å². The lowest BCUT2D eigenvalue weighted by molar-refractivity contribution is -0.137. The average Bonchev–Trinajstić information content (AvgIpc) is 2.77. The third-order valence-electron chi connectivity index (χ3n) is 5.13. The number of carboxylic acid groups (broad SMARTS) is 1. The van der Waals surface area contributed by atoms with E-state index in [0.29, 0.717) is 28.6 Å². The molecule has 0 aliphatic carbocycles. The number of aryl methyl sites for hydroxylation is 1. The van der Waals surface area contributed by atoms with E-state index in [1.807, 2.05) is 6.92 Å². The van der Waals surface area contributed by atoms with Gasteiger partial charge in [0.05, 0.1) is 35.7 Å². The Balaban J connectivity index is 1.93. The summed E-state index contributed by atoms with van der Waals surface area (Å²) in [6, 6.07) is 12.3. The standard InChI is InChI=1S/C23H25N3O6/c1-3-4-13-32-22(30)24-18(14-20(27)28)15-9-11-16(12-10-15)26-21(29)17-7-5-6-8-19(17)25(2)23(26)31/h5-12,18H,3-4,13-14H2,1-2H3,(H,24,30)(H,27,28). The molecule has 1 amide bonds. The lowest BCUT2D eigenvalue weighted by Gasteiger charge is -2.18. The topological polar surface area (TPSA) is 120 Å². The normalized spacial score (nSPS) is 11.8. The maximum absolute atomic E-state index is 12.9. The molecule has 0 saturated carbocycles. The minimum Gasteiger partial charge on any atom is -0.481 e. The van der Waals surface area contributed by atoms with Gasteiger partial charge in [-0.1, -0.05) is 37.6 Å². The summed E-state index contributed by atoms with van der Waals surface area (Å²) in [5.41, 5.74) is 0.430. The number of ether oxygens (including phenoxy) is 1. The average molecular weight is 439 g/mol. The van der Waals surface area contributed by atoms with E-state index < -0.39 is 29.4 Å². The molecule has 32 heavy (non-hydrogen) atoms. The number of amides is 1. The number of hydrogen-bond acceptors (Lipinski definition) is 5. The fraction of sp³-hybridized carbons (Fsp3) is 0.304. The van der Waals surface area contributed by atoms with Gasteiger partial charge in [0.25, 0.3) is 5.56 Å². The van der Waals surface area contributed by atoms with Gasteiger partial charge in [-0.2, -0.15) is 0 Å². The van der Waals surface area contributed by atoms with Crippen LogP contribution in [0.4, 0.5) is 4.79 Å². The van der Waals surface area contributed by atoms with Crippen molar-refractivity contribution in [2.24, 2.45) is 7.05 Å². The van der Waals surface area contributed by atoms with Gasteiger partial charge >= 0.3 is 17.8 Å². The first kappa shape index (κ1) is 22.8. The van der Waals surface area contributed by atoms with Crippen molar-refractivity contribution < 1.29 is 19.4 Å². The maximum atomic E-state index is 12.9. The van der Waals surface area contributed by atoms with Crippen LogP contribution >= 0.6 is 0 Å². The highest BCUT2D eigenvalue weighted by molar-refractivity contribution is 5.78. The molecule has 9 heteroatoms. The number of carboxylic acids is 1. The molecule has 1 unspecified atom stereocenters. The second-order valence-corrected chi connectivity index (χ2v) is 7.38. The number of carbonyl (C=O) groups excluding carboxylic acids is 1. The van der Waals surface area contributed by atoms with Crippen LogP contribution in [0.2, 0.25) is 0 Å². The molecule has 3 rings (SSSR count). The predicted octanol–water partition coefficient (Wildman–Crippen LogP) is 2.73. The van der Waals surface area contributed by atoms with E-state index in [-0.39, 0.29) is 13.0 Å². The molecular formula is C23H25N3O6. The zero-order valence-electron chi connectivity index (χ0n) is 17.9. The second-order valence-electron chi connectivity index (χ2n) is 7.38. The van der Waals surface area contributed by atoms with Gasteiger partial charge < -0.3 is 15.2 Å². The lowest BCUT2D eigenvalue weighted by atomic mass is 10.0. The third-order valence-corrected chi connectivity index (χ3v) is 5.13. The van der Waals surface area contributed by atoms with Crippen LogP contribution in [0.25, 0.3) is 16.6 Å². The van der Waals surface area contributed by atoms with E-state index >= 15 is 0 Å². The van der Waals surface area contributed by atoms with Gasteiger partial charge in [0.1, 0.15) is 0 Å². The number of nitrogens with zero attached hydrogens (tertiary/aromatic N) is 2. The molecule has 0 radical (unpaired) electrons. The molecule has 0 spiro atoms. The zero-order chi connectivity index (χ0) is 23.3. The number of alkyl carbamates (subject to hydrolysis) is 1. The number of para-hydroxylation sites is 1. The van der Waals surface area contributed by atoms with Crippen molar-refractivity contribution >= 4 is 23.0 Å². The molecule has 9 nitrogen and oxygen atoms in total.